The van der Waals surface area contributed by atoms with Crippen molar-refractivity contribution < 1.29 is 31.8 Å². The SMILES string of the molecule is O=C(Nc1ccc(OC(F)F)cc1OC(F)F)[C@@H]1CCCNC1. The van der Waals surface area contributed by atoms with Gasteiger partial charge in [0.2, 0.25) is 5.91 Å². The maximum Gasteiger partial charge on any atom is 0.387 e. The number of benzene rings is 1. The second-order valence-corrected chi connectivity index (χ2v) is 4.95. The fraction of sp³-hybridized carbons (Fsp3) is 0.500. The molecule has 9 heteroatoms. The standard InChI is InChI=1S/C14H16F4N2O3/c15-13(16)22-9-3-4-10(11(6-9)23-14(17)18)20-12(21)8-2-1-5-19-7-8/h3-4,6,8,13-14,19H,1-2,5,7H2,(H,20,21)/t8-/m1/s1. The highest BCUT2D eigenvalue weighted by atomic mass is 19.3. The predicted molar refractivity (Wildman–Crippen MR) is 73.9 cm³/mol. The molecule has 1 aliphatic heterocycles. The summed E-state index contributed by atoms with van der Waals surface area (Å²) in [6.45, 7) is -4.95. The van der Waals surface area contributed by atoms with Crippen LogP contribution in [-0.2, 0) is 4.79 Å². The number of anilines is 1. The molecule has 1 amide bonds. The van der Waals surface area contributed by atoms with Gasteiger partial charge in [-0.1, -0.05) is 0 Å². The van der Waals surface area contributed by atoms with Gasteiger partial charge in [-0.05, 0) is 31.5 Å². The highest BCUT2D eigenvalue weighted by Gasteiger charge is 2.22. The third kappa shape index (κ3) is 5.27. The maximum atomic E-state index is 12.5. The summed E-state index contributed by atoms with van der Waals surface area (Å²) < 4.78 is 57.7. The molecule has 5 nitrogen and oxygen atoms in total. The van der Waals surface area contributed by atoms with Gasteiger partial charge in [0, 0.05) is 12.6 Å². The molecule has 1 aromatic carbocycles. The molecule has 1 aromatic rings. The minimum Gasteiger partial charge on any atom is -0.435 e. The van der Waals surface area contributed by atoms with E-state index in [1.54, 1.807) is 0 Å². The van der Waals surface area contributed by atoms with Crippen LogP contribution < -0.4 is 20.1 Å². The normalized spacial score (nSPS) is 18.1. The molecule has 0 radical (unpaired) electrons. The van der Waals surface area contributed by atoms with Crippen LogP contribution >= 0.6 is 0 Å². The Kier molecular flexibility index (Phi) is 6.03. The Morgan fingerprint density at radius 3 is 2.57 bits per heavy atom. The quantitative estimate of drug-likeness (QED) is 0.785. The second kappa shape index (κ2) is 8.00. The first-order valence-corrected chi connectivity index (χ1v) is 7.01. The summed E-state index contributed by atoms with van der Waals surface area (Å²) in [6, 6.07) is 3.20. The third-order valence-electron chi connectivity index (χ3n) is 3.32. The lowest BCUT2D eigenvalue weighted by molar-refractivity contribution is -0.120. The Bertz CT molecular complexity index is 537. The number of piperidine rings is 1. The summed E-state index contributed by atoms with van der Waals surface area (Å²) in [6.07, 6.45) is 1.51. The number of hydrogen-bond acceptors (Lipinski definition) is 4. The average Bonchev–Trinajstić information content (AvgIpc) is 2.49. The van der Waals surface area contributed by atoms with Crippen LogP contribution in [0.3, 0.4) is 0 Å². The minimum absolute atomic E-state index is 0.0255. The van der Waals surface area contributed by atoms with Gasteiger partial charge in [0.05, 0.1) is 11.6 Å². The molecule has 0 bridgehead atoms. The first kappa shape index (κ1) is 17.3. The fourth-order valence-corrected chi connectivity index (χ4v) is 2.29. The molecule has 2 N–H and O–H groups in total. The summed E-state index contributed by atoms with van der Waals surface area (Å²) in [5.41, 5.74) is -0.0255. The number of rotatable bonds is 6. The van der Waals surface area contributed by atoms with E-state index in [9.17, 15) is 22.4 Å². The van der Waals surface area contributed by atoms with Crippen LogP contribution in [0.1, 0.15) is 12.8 Å². The molecule has 128 valence electrons. The predicted octanol–water partition coefficient (Wildman–Crippen LogP) is 2.83. The summed E-state index contributed by atoms with van der Waals surface area (Å²) in [7, 11) is 0. The molecule has 0 saturated carbocycles. The Labute approximate surface area is 129 Å². The van der Waals surface area contributed by atoms with Crippen LogP contribution in [-0.4, -0.2) is 32.2 Å². The van der Waals surface area contributed by atoms with Gasteiger partial charge in [0.1, 0.15) is 5.75 Å². The van der Waals surface area contributed by atoms with Crippen molar-refractivity contribution in [3.8, 4) is 11.5 Å². The average molecular weight is 336 g/mol. The van der Waals surface area contributed by atoms with E-state index >= 15 is 0 Å². The van der Waals surface area contributed by atoms with Gasteiger partial charge in [-0.2, -0.15) is 17.6 Å². The van der Waals surface area contributed by atoms with E-state index in [2.05, 4.69) is 20.1 Å². The van der Waals surface area contributed by atoms with Crippen molar-refractivity contribution in [2.24, 2.45) is 5.92 Å². The molecular weight excluding hydrogens is 320 g/mol. The molecule has 0 spiro atoms. The summed E-state index contributed by atoms with van der Waals surface area (Å²) in [5, 5.41) is 5.55. The van der Waals surface area contributed by atoms with Crippen LogP contribution in [0.25, 0.3) is 0 Å². The largest absolute Gasteiger partial charge is 0.435 e. The Morgan fingerprint density at radius 1 is 1.22 bits per heavy atom. The number of carbonyl (C=O) groups is 1. The third-order valence-corrected chi connectivity index (χ3v) is 3.32. The molecule has 1 atom stereocenters. The van der Waals surface area contributed by atoms with Crippen molar-refractivity contribution in [2.75, 3.05) is 18.4 Å². The molecule has 1 aliphatic rings. The van der Waals surface area contributed by atoms with Crippen LogP contribution in [0.2, 0.25) is 0 Å². The molecule has 0 aliphatic carbocycles. The summed E-state index contributed by atoms with van der Waals surface area (Å²) in [5.74, 6) is -1.41. The van der Waals surface area contributed by atoms with Gasteiger partial charge in [-0.3, -0.25) is 4.79 Å². The van der Waals surface area contributed by atoms with E-state index in [1.807, 2.05) is 0 Å². The van der Waals surface area contributed by atoms with Crippen LogP contribution in [0.5, 0.6) is 11.5 Å². The molecule has 1 saturated heterocycles. The van der Waals surface area contributed by atoms with Gasteiger partial charge in [0.15, 0.2) is 5.75 Å². The van der Waals surface area contributed by atoms with Gasteiger partial charge in [-0.25, -0.2) is 0 Å². The van der Waals surface area contributed by atoms with Gasteiger partial charge in [-0.15, -0.1) is 0 Å². The number of hydrogen-bond donors (Lipinski definition) is 2. The number of nitrogens with one attached hydrogen (secondary N) is 2. The molecule has 1 fully saturated rings. The van der Waals surface area contributed by atoms with Crippen molar-refractivity contribution in [1.82, 2.24) is 5.32 Å². The molecule has 0 aromatic heterocycles. The number of ether oxygens (including phenoxy) is 2. The number of halogens is 4. The zero-order valence-electron chi connectivity index (χ0n) is 12.0. The Morgan fingerprint density at radius 2 is 1.96 bits per heavy atom. The topological polar surface area (TPSA) is 59.6 Å². The molecular formula is C14H16F4N2O3. The van der Waals surface area contributed by atoms with Crippen molar-refractivity contribution in [1.29, 1.82) is 0 Å². The molecule has 2 rings (SSSR count). The highest BCUT2D eigenvalue weighted by molar-refractivity contribution is 5.94. The molecule has 23 heavy (non-hydrogen) atoms. The Hall–Kier alpha value is -2.03. The highest BCUT2D eigenvalue weighted by Crippen LogP contribution is 2.32. The van der Waals surface area contributed by atoms with Crippen molar-refractivity contribution in [3.05, 3.63) is 18.2 Å². The lowest BCUT2D eigenvalue weighted by Crippen LogP contribution is -2.37. The van der Waals surface area contributed by atoms with Crippen LogP contribution in [0.4, 0.5) is 23.2 Å². The van der Waals surface area contributed by atoms with E-state index < -0.39 is 19.0 Å². The van der Waals surface area contributed by atoms with E-state index in [-0.39, 0.29) is 23.3 Å². The smallest absolute Gasteiger partial charge is 0.387 e. The number of alkyl halides is 4. The van der Waals surface area contributed by atoms with Crippen LogP contribution in [0, 0.1) is 5.92 Å². The zero-order valence-corrected chi connectivity index (χ0v) is 12.0. The van der Waals surface area contributed by atoms with Crippen molar-refractivity contribution >= 4 is 11.6 Å². The number of amides is 1. The van der Waals surface area contributed by atoms with Crippen LogP contribution in [0.15, 0.2) is 18.2 Å². The second-order valence-electron chi connectivity index (χ2n) is 4.95. The first-order valence-electron chi connectivity index (χ1n) is 7.01. The minimum atomic E-state index is -3.16. The van der Waals surface area contributed by atoms with Crippen molar-refractivity contribution in [2.45, 2.75) is 26.1 Å². The van der Waals surface area contributed by atoms with E-state index in [0.717, 1.165) is 25.1 Å². The maximum absolute atomic E-state index is 12.5. The monoisotopic (exact) mass is 336 g/mol. The lowest BCUT2D eigenvalue weighted by atomic mass is 9.99. The fourth-order valence-electron chi connectivity index (χ4n) is 2.29. The van der Waals surface area contributed by atoms with Gasteiger partial charge >= 0.3 is 13.2 Å². The van der Waals surface area contributed by atoms with Gasteiger partial charge in [0.25, 0.3) is 0 Å². The van der Waals surface area contributed by atoms with E-state index in [4.69, 9.17) is 0 Å². The van der Waals surface area contributed by atoms with Gasteiger partial charge < -0.3 is 20.1 Å². The molecule has 0 unspecified atom stereocenters. The first-order chi connectivity index (χ1) is 11.0. The van der Waals surface area contributed by atoms with Crippen molar-refractivity contribution in [3.63, 3.8) is 0 Å². The summed E-state index contributed by atoms with van der Waals surface area (Å²) >= 11 is 0. The zero-order chi connectivity index (χ0) is 16.8. The molecule has 1 heterocycles. The summed E-state index contributed by atoms with van der Waals surface area (Å²) in [4.78, 5) is 12.1. The van der Waals surface area contributed by atoms with E-state index in [0.29, 0.717) is 13.0 Å². The number of carbonyl (C=O) groups excluding carboxylic acids is 1. The van der Waals surface area contributed by atoms with E-state index in [1.165, 1.54) is 6.07 Å². The Balaban J connectivity index is 2.13. The lowest BCUT2D eigenvalue weighted by Gasteiger charge is -2.22.